The third kappa shape index (κ3) is 5.08. The lowest BCUT2D eigenvalue weighted by atomic mass is 9.79. The van der Waals surface area contributed by atoms with E-state index < -0.39 is 11.3 Å². The smallest absolute Gasteiger partial charge is 0.205 e. The molecule has 0 bridgehead atoms. The van der Waals surface area contributed by atoms with Crippen LogP contribution in [0.1, 0.15) is 44.7 Å². The fraction of sp³-hybridized carbons (Fsp3) is 0.308. The molecule has 0 spiro atoms. The zero-order chi connectivity index (χ0) is 24.2. The van der Waals surface area contributed by atoms with Crippen molar-refractivity contribution in [3.8, 4) is 23.6 Å². The molecule has 1 atom stereocenters. The Morgan fingerprint density at radius 1 is 1.03 bits per heavy atom. The summed E-state index contributed by atoms with van der Waals surface area (Å²) in [7, 11) is 0. The first-order valence-electron chi connectivity index (χ1n) is 10.6. The van der Waals surface area contributed by atoms with E-state index in [0.29, 0.717) is 40.0 Å². The number of halogens is 1. The first kappa shape index (κ1) is 24.0. The predicted molar refractivity (Wildman–Crippen MR) is 126 cm³/mol. The van der Waals surface area contributed by atoms with Gasteiger partial charge in [-0.05, 0) is 30.7 Å². The van der Waals surface area contributed by atoms with E-state index in [-0.39, 0.29) is 18.1 Å². The summed E-state index contributed by atoms with van der Waals surface area (Å²) in [5.41, 5.74) is 7.69. The van der Waals surface area contributed by atoms with Gasteiger partial charge in [-0.15, -0.1) is 0 Å². The second-order valence-electron chi connectivity index (χ2n) is 8.55. The number of hydrogen-bond acceptors (Lipinski definition) is 6. The summed E-state index contributed by atoms with van der Waals surface area (Å²) in [6.07, 6.45) is 0. The number of rotatable bonds is 6. The van der Waals surface area contributed by atoms with Crippen LogP contribution < -0.4 is 15.2 Å². The van der Waals surface area contributed by atoms with Gasteiger partial charge in [-0.25, -0.2) is 0 Å². The van der Waals surface area contributed by atoms with Crippen LogP contribution in [0.5, 0.6) is 11.5 Å². The van der Waals surface area contributed by atoms with Crippen LogP contribution in [-0.4, -0.2) is 6.61 Å². The zero-order valence-corrected chi connectivity index (χ0v) is 19.9. The highest BCUT2D eigenvalue weighted by molar-refractivity contribution is 6.31. The standard InChI is InChI=1S/C26H26ClN3O3/c1-5-31-22-12-16(10-11-21(22)32-15-17-8-6-7-9-20(17)27)23-18(13-28)24(26(2,3)4)33-25(30)19(23)14-29/h6-12,23H,5,15,30H2,1-4H3. The molecule has 6 nitrogen and oxygen atoms in total. The minimum Gasteiger partial charge on any atom is -0.490 e. The van der Waals surface area contributed by atoms with Crippen molar-refractivity contribution in [2.45, 2.75) is 40.2 Å². The molecule has 2 aromatic rings. The molecule has 2 N–H and O–H groups in total. The van der Waals surface area contributed by atoms with Crippen molar-refractivity contribution in [2.75, 3.05) is 6.61 Å². The van der Waals surface area contributed by atoms with E-state index in [0.717, 1.165) is 5.56 Å². The van der Waals surface area contributed by atoms with Crippen LogP contribution in [0.3, 0.4) is 0 Å². The minimum absolute atomic E-state index is 0.00318. The summed E-state index contributed by atoms with van der Waals surface area (Å²) in [5, 5.41) is 20.4. The van der Waals surface area contributed by atoms with Gasteiger partial charge in [0.1, 0.15) is 24.0 Å². The predicted octanol–water partition coefficient (Wildman–Crippen LogP) is 5.95. The highest BCUT2D eigenvalue weighted by Gasteiger charge is 2.37. The molecule has 0 fully saturated rings. The van der Waals surface area contributed by atoms with Crippen LogP contribution in [0, 0.1) is 28.1 Å². The van der Waals surface area contributed by atoms with Gasteiger partial charge in [0.15, 0.2) is 11.5 Å². The number of allylic oxidation sites excluding steroid dienone is 3. The molecule has 2 aromatic carbocycles. The van der Waals surface area contributed by atoms with Gasteiger partial charge in [-0.2, -0.15) is 10.5 Å². The molecule has 0 saturated carbocycles. The lowest BCUT2D eigenvalue weighted by molar-refractivity contribution is 0.199. The van der Waals surface area contributed by atoms with E-state index in [4.69, 9.17) is 31.5 Å². The van der Waals surface area contributed by atoms with Gasteiger partial charge < -0.3 is 19.9 Å². The fourth-order valence-corrected chi connectivity index (χ4v) is 3.82. The third-order valence-corrected chi connectivity index (χ3v) is 5.53. The summed E-state index contributed by atoms with van der Waals surface area (Å²) in [4.78, 5) is 0. The maximum Gasteiger partial charge on any atom is 0.205 e. The molecule has 33 heavy (non-hydrogen) atoms. The molecule has 3 rings (SSSR count). The molecule has 170 valence electrons. The highest BCUT2D eigenvalue weighted by atomic mass is 35.5. The van der Waals surface area contributed by atoms with Crippen LogP contribution >= 0.6 is 11.6 Å². The number of hydrogen-bond donors (Lipinski definition) is 1. The van der Waals surface area contributed by atoms with E-state index in [1.165, 1.54) is 0 Å². The van der Waals surface area contributed by atoms with Crippen LogP contribution in [0.2, 0.25) is 5.02 Å². The van der Waals surface area contributed by atoms with E-state index >= 15 is 0 Å². The first-order chi connectivity index (χ1) is 15.7. The summed E-state index contributed by atoms with van der Waals surface area (Å²) in [5.74, 6) is 0.812. The van der Waals surface area contributed by atoms with Gasteiger partial charge in [-0.1, -0.05) is 56.6 Å². The van der Waals surface area contributed by atoms with E-state index in [1.807, 2.05) is 52.0 Å². The number of nitriles is 2. The Morgan fingerprint density at radius 3 is 2.33 bits per heavy atom. The lowest BCUT2D eigenvalue weighted by Crippen LogP contribution is -2.26. The summed E-state index contributed by atoms with van der Waals surface area (Å²) >= 11 is 6.24. The Labute approximate surface area is 199 Å². The fourth-order valence-electron chi connectivity index (χ4n) is 3.63. The van der Waals surface area contributed by atoms with Crippen molar-refractivity contribution in [2.24, 2.45) is 11.1 Å². The molecular weight excluding hydrogens is 438 g/mol. The minimum atomic E-state index is -0.667. The van der Waals surface area contributed by atoms with Gasteiger partial charge in [0.25, 0.3) is 0 Å². The number of nitrogens with two attached hydrogens (primary N) is 1. The summed E-state index contributed by atoms with van der Waals surface area (Å²) in [6, 6.07) is 17.2. The molecular formula is C26H26ClN3O3. The van der Waals surface area contributed by atoms with E-state index in [9.17, 15) is 10.5 Å². The molecule has 1 heterocycles. The van der Waals surface area contributed by atoms with Gasteiger partial charge in [-0.3, -0.25) is 0 Å². The maximum absolute atomic E-state index is 9.99. The van der Waals surface area contributed by atoms with Crippen molar-refractivity contribution in [1.29, 1.82) is 10.5 Å². The topological polar surface area (TPSA) is 101 Å². The van der Waals surface area contributed by atoms with Crippen LogP contribution in [0.15, 0.2) is 65.3 Å². The summed E-state index contributed by atoms with van der Waals surface area (Å²) in [6.45, 7) is 8.34. The Morgan fingerprint density at radius 2 is 1.73 bits per heavy atom. The van der Waals surface area contributed by atoms with Crippen LogP contribution in [-0.2, 0) is 11.3 Å². The van der Waals surface area contributed by atoms with Crippen LogP contribution in [0.4, 0.5) is 0 Å². The number of nitrogens with zero attached hydrogens (tertiary/aromatic N) is 2. The van der Waals surface area contributed by atoms with Gasteiger partial charge >= 0.3 is 0 Å². The zero-order valence-electron chi connectivity index (χ0n) is 19.1. The first-order valence-corrected chi connectivity index (χ1v) is 10.9. The molecule has 0 saturated heterocycles. The number of benzene rings is 2. The Bertz CT molecular complexity index is 1200. The normalized spacial score (nSPS) is 16.0. The van der Waals surface area contributed by atoms with Crippen molar-refractivity contribution >= 4 is 11.6 Å². The molecule has 1 aliphatic rings. The largest absolute Gasteiger partial charge is 0.490 e. The van der Waals surface area contributed by atoms with Crippen molar-refractivity contribution < 1.29 is 14.2 Å². The van der Waals surface area contributed by atoms with Crippen molar-refractivity contribution in [3.05, 3.63) is 81.4 Å². The number of ether oxygens (including phenoxy) is 3. The average molecular weight is 464 g/mol. The van der Waals surface area contributed by atoms with E-state index in [1.54, 1.807) is 18.2 Å². The Kier molecular flexibility index (Phi) is 7.21. The quantitative estimate of drug-likeness (QED) is 0.568. The molecule has 7 heteroatoms. The molecule has 0 aromatic heterocycles. The van der Waals surface area contributed by atoms with Gasteiger partial charge in [0.2, 0.25) is 5.88 Å². The maximum atomic E-state index is 9.99. The summed E-state index contributed by atoms with van der Waals surface area (Å²) < 4.78 is 17.5. The lowest BCUT2D eigenvalue weighted by Gasteiger charge is -2.32. The van der Waals surface area contributed by atoms with Crippen molar-refractivity contribution in [1.82, 2.24) is 0 Å². The second kappa shape index (κ2) is 9.90. The van der Waals surface area contributed by atoms with Gasteiger partial charge in [0.05, 0.1) is 24.2 Å². The van der Waals surface area contributed by atoms with Crippen LogP contribution in [0.25, 0.3) is 0 Å². The molecule has 0 radical (unpaired) electrons. The monoisotopic (exact) mass is 463 g/mol. The van der Waals surface area contributed by atoms with Crippen molar-refractivity contribution in [3.63, 3.8) is 0 Å². The second-order valence-corrected chi connectivity index (χ2v) is 8.96. The third-order valence-electron chi connectivity index (χ3n) is 5.16. The Hall–Kier alpha value is -3.61. The Balaban J connectivity index is 2.05. The van der Waals surface area contributed by atoms with Gasteiger partial charge in [0, 0.05) is 16.0 Å². The molecule has 1 aliphatic heterocycles. The average Bonchev–Trinajstić information content (AvgIpc) is 2.78. The highest BCUT2D eigenvalue weighted by Crippen LogP contribution is 2.45. The molecule has 1 unspecified atom stereocenters. The SMILES string of the molecule is CCOc1cc(C2C(C#N)=C(N)OC(C(C)(C)C)=C2C#N)ccc1OCc1ccccc1Cl. The molecule has 0 amide bonds. The molecule has 0 aliphatic carbocycles. The van der Waals surface area contributed by atoms with E-state index in [2.05, 4.69) is 12.1 Å².